The Bertz CT molecular complexity index is 859. The summed E-state index contributed by atoms with van der Waals surface area (Å²) < 4.78 is 5.84. The lowest BCUT2D eigenvalue weighted by Crippen LogP contribution is -2.55. The first kappa shape index (κ1) is 19.5. The second-order valence-corrected chi connectivity index (χ2v) is 7.73. The third-order valence-corrected chi connectivity index (χ3v) is 5.51. The van der Waals surface area contributed by atoms with E-state index in [9.17, 15) is 9.59 Å². The molecular formula is C23H27N3O3. The van der Waals surface area contributed by atoms with Crippen LogP contribution in [0.25, 0.3) is 0 Å². The van der Waals surface area contributed by atoms with E-state index < -0.39 is 0 Å². The molecule has 1 heterocycles. The minimum Gasteiger partial charge on any atom is -0.457 e. The Kier molecular flexibility index (Phi) is 5.81. The van der Waals surface area contributed by atoms with Crippen LogP contribution in [-0.4, -0.2) is 59.9 Å². The minimum absolute atomic E-state index is 0.00162. The maximum absolute atomic E-state index is 12.9. The van der Waals surface area contributed by atoms with Gasteiger partial charge in [-0.2, -0.15) is 0 Å². The molecule has 2 fully saturated rings. The second-order valence-electron chi connectivity index (χ2n) is 7.73. The molecule has 1 saturated heterocycles. The van der Waals surface area contributed by atoms with Gasteiger partial charge in [-0.3, -0.25) is 14.5 Å². The molecule has 152 valence electrons. The molecule has 6 nitrogen and oxygen atoms in total. The maximum atomic E-state index is 12.9. The first-order chi connectivity index (χ1) is 14.1. The smallest absolute Gasteiger partial charge is 0.254 e. The Hall–Kier alpha value is -2.86. The average molecular weight is 393 g/mol. The second kappa shape index (κ2) is 8.66. The molecule has 0 bridgehead atoms. The zero-order valence-corrected chi connectivity index (χ0v) is 16.7. The lowest BCUT2D eigenvalue weighted by Gasteiger charge is -2.37. The highest BCUT2D eigenvalue weighted by molar-refractivity contribution is 5.94. The summed E-state index contributed by atoms with van der Waals surface area (Å²) in [4.78, 5) is 29.2. The van der Waals surface area contributed by atoms with Gasteiger partial charge in [0.2, 0.25) is 5.91 Å². The molecule has 2 aliphatic rings. The molecule has 0 spiro atoms. The molecule has 1 atom stereocenters. The van der Waals surface area contributed by atoms with Gasteiger partial charge in [0.15, 0.2) is 0 Å². The largest absolute Gasteiger partial charge is 0.457 e. The summed E-state index contributed by atoms with van der Waals surface area (Å²) in [6.45, 7) is 4.57. The van der Waals surface area contributed by atoms with Crippen LogP contribution in [0.15, 0.2) is 54.6 Å². The van der Waals surface area contributed by atoms with Gasteiger partial charge in [0, 0.05) is 37.8 Å². The molecule has 0 radical (unpaired) electrons. The fourth-order valence-corrected chi connectivity index (χ4v) is 3.53. The van der Waals surface area contributed by atoms with Crippen molar-refractivity contribution in [1.82, 2.24) is 15.1 Å². The van der Waals surface area contributed by atoms with E-state index in [-0.39, 0.29) is 17.9 Å². The molecule has 4 rings (SSSR count). The summed E-state index contributed by atoms with van der Waals surface area (Å²) in [6, 6.07) is 17.0. The number of ether oxygens (including phenoxy) is 1. The molecule has 1 aliphatic carbocycles. The number of carbonyl (C=O) groups is 2. The fourth-order valence-electron chi connectivity index (χ4n) is 3.53. The van der Waals surface area contributed by atoms with Gasteiger partial charge in [0.1, 0.15) is 11.5 Å². The van der Waals surface area contributed by atoms with Crippen LogP contribution >= 0.6 is 0 Å². The first-order valence-corrected chi connectivity index (χ1v) is 10.3. The van der Waals surface area contributed by atoms with E-state index in [0.29, 0.717) is 43.5 Å². The van der Waals surface area contributed by atoms with Gasteiger partial charge in [-0.1, -0.05) is 24.3 Å². The Morgan fingerprint density at radius 2 is 1.66 bits per heavy atom. The number of carbonyl (C=O) groups excluding carboxylic acids is 2. The van der Waals surface area contributed by atoms with Gasteiger partial charge in [-0.25, -0.2) is 0 Å². The van der Waals surface area contributed by atoms with Crippen molar-refractivity contribution in [2.45, 2.75) is 31.8 Å². The summed E-state index contributed by atoms with van der Waals surface area (Å²) in [5.74, 6) is 1.48. The predicted molar refractivity (Wildman–Crippen MR) is 111 cm³/mol. The average Bonchev–Trinajstić information content (AvgIpc) is 3.58. The highest BCUT2D eigenvalue weighted by Crippen LogP contribution is 2.23. The number of nitrogens with zero attached hydrogens (tertiary/aromatic N) is 2. The molecule has 1 unspecified atom stereocenters. The van der Waals surface area contributed by atoms with E-state index in [1.807, 2.05) is 60.4 Å². The van der Waals surface area contributed by atoms with Crippen molar-refractivity contribution >= 4 is 11.8 Å². The van der Waals surface area contributed by atoms with E-state index in [2.05, 4.69) is 10.2 Å². The quantitative estimate of drug-likeness (QED) is 0.820. The van der Waals surface area contributed by atoms with Crippen LogP contribution in [0.1, 0.15) is 30.1 Å². The van der Waals surface area contributed by atoms with Crippen LogP contribution in [0, 0.1) is 0 Å². The molecule has 2 aromatic carbocycles. The van der Waals surface area contributed by atoms with Gasteiger partial charge in [0.25, 0.3) is 5.91 Å². The van der Waals surface area contributed by atoms with Crippen LogP contribution < -0.4 is 10.1 Å². The number of benzene rings is 2. The molecule has 2 amide bonds. The van der Waals surface area contributed by atoms with Gasteiger partial charge in [-0.05, 0) is 50.1 Å². The number of nitrogens with one attached hydrogen (secondary N) is 1. The van der Waals surface area contributed by atoms with Gasteiger partial charge < -0.3 is 15.0 Å². The van der Waals surface area contributed by atoms with Crippen LogP contribution in [0.4, 0.5) is 0 Å². The maximum Gasteiger partial charge on any atom is 0.254 e. The topological polar surface area (TPSA) is 61.9 Å². The molecule has 1 aliphatic heterocycles. The van der Waals surface area contributed by atoms with E-state index in [1.54, 1.807) is 6.07 Å². The molecule has 29 heavy (non-hydrogen) atoms. The third-order valence-electron chi connectivity index (χ3n) is 5.51. The van der Waals surface area contributed by atoms with Crippen molar-refractivity contribution in [1.29, 1.82) is 0 Å². The van der Waals surface area contributed by atoms with Gasteiger partial charge >= 0.3 is 0 Å². The molecule has 2 aromatic rings. The zero-order chi connectivity index (χ0) is 20.2. The minimum atomic E-state index is -0.157. The summed E-state index contributed by atoms with van der Waals surface area (Å²) in [5, 5.41) is 3.06. The van der Waals surface area contributed by atoms with Crippen LogP contribution in [0.3, 0.4) is 0 Å². The summed E-state index contributed by atoms with van der Waals surface area (Å²) in [6.07, 6.45) is 2.18. The van der Waals surface area contributed by atoms with E-state index in [0.717, 1.165) is 18.6 Å². The van der Waals surface area contributed by atoms with Crippen LogP contribution in [0.5, 0.6) is 11.5 Å². The number of para-hydroxylation sites is 1. The van der Waals surface area contributed by atoms with E-state index in [4.69, 9.17) is 4.74 Å². The molecule has 6 heteroatoms. The first-order valence-electron chi connectivity index (χ1n) is 10.3. The number of amides is 2. The van der Waals surface area contributed by atoms with E-state index in [1.165, 1.54) is 0 Å². The lowest BCUT2D eigenvalue weighted by atomic mass is 10.1. The van der Waals surface area contributed by atoms with Gasteiger partial charge in [0.05, 0.1) is 6.04 Å². The zero-order valence-electron chi connectivity index (χ0n) is 16.7. The number of rotatable bonds is 6. The molecule has 1 saturated carbocycles. The number of hydrogen-bond acceptors (Lipinski definition) is 4. The van der Waals surface area contributed by atoms with Crippen LogP contribution in [-0.2, 0) is 4.79 Å². The Labute approximate surface area is 171 Å². The summed E-state index contributed by atoms with van der Waals surface area (Å²) in [5.41, 5.74) is 0.617. The van der Waals surface area contributed by atoms with Crippen LogP contribution in [0.2, 0.25) is 0 Å². The van der Waals surface area contributed by atoms with Gasteiger partial charge in [-0.15, -0.1) is 0 Å². The molecule has 0 aromatic heterocycles. The molecule has 1 N–H and O–H groups in total. The van der Waals surface area contributed by atoms with E-state index >= 15 is 0 Å². The lowest BCUT2D eigenvalue weighted by molar-refractivity contribution is -0.126. The summed E-state index contributed by atoms with van der Waals surface area (Å²) >= 11 is 0. The van der Waals surface area contributed by atoms with Crippen molar-refractivity contribution in [2.75, 3.05) is 26.2 Å². The highest BCUT2D eigenvalue weighted by atomic mass is 16.5. The molecular weight excluding hydrogens is 366 g/mol. The fraction of sp³-hybridized carbons (Fsp3) is 0.391. The third kappa shape index (κ3) is 4.95. The predicted octanol–water partition coefficient (Wildman–Crippen LogP) is 2.90. The van der Waals surface area contributed by atoms with Crippen molar-refractivity contribution in [2.24, 2.45) is 0 Å². The monoisotopic (exact) mass is 393 g/mol. The van der Waals surface area contributed by atoms with Crippen molar-refractivity contribution in [3.05, 3.63) is 60.2 Å². The number of hydrogen-bond donors (Lipinski definition) is 1. The normalized spacial score (nSPS) is 18.2. The SMILES string of the molecule is CC(C(=O)NC1CC1)N1CCN(C(=O)c2cccc(Oc3ccccc3)c2)CC1. The standard InChI is InChI=1S/C23H27N3O3/c1-17(22(27)24-19-10-11-19)25-12-14-26(15-13-25)23(28)18-6-5-9-21(16-18)29-20-7-3-2-4-8-20/h2-9,16-17,19H,10-15H2,1H3,(H,24,27). The van der Waals surface area contributed by atoms with Crippen molar-refractivity contribution < 1.29 is 14.3 Å². The Morgan fingerprint density at radius 1 is 0.966 bits per heavy atom. The van der Waals surface area contributed by atoms with Crippen molar-refractivity contribution in [3.8, 4) is 11.5 Å². The van der Waals surface area contributed by atoms with Crippen molar-refractivity contribution in [3.63, 3.8) is 0 Å². The Morgan fingerprint density at radius 3 is 2.34 bits per heavy atom. The Balaban J connectivity index is 1.33. The summed E-state index contributed by atoms with van der Waals surface area (Å²) in [7, 11) is 0. The number of piperazine rings is 1. The highest BCUT2D eigenvalue weighted by Gasteiger charge is 2.31.